The van der Waals surface area contributed by atoms with Crippen LogP contribution in [-0.2, 0) is 136 Å². The number of fused-ring (bicyclic) bond motifs is 1. The fourth-order valence-electron chi connectivity index (χ4n) is 11.7. The fraction of sp³-hybridized carbons (Fsp3) is 0.632. The van der Waals surface area contributed by atoms with Gasteiger partial charge in [0, 0.05) is 36.6 Å². The second-order valence-electron chi connectivity index (χ2n) is 29.3. The molecule has 1 aliphatic rings. The minimum absolute atomic E-state index is 0.000907. The Labute approximate surface area is 741 Å². The number of ether oxygens (including phenoxy) is 6. The van der Waals surface area contributed by atoms with Crippen molar-refractivity contribution in [3.63, 3.8) is 0 Å². The molecule has 1 aliphatic heterocycles. The number of aliphatic carboxylic acids is 1. The first kappa shape index (κ1) is 111. The predicted molar refractivity (Wildman–Crippen MR) is 451 cm³/mol. The Morgan fingerprint density at radius 2 is 0.891 bits per heavy atom. The highest BCUT2D eigenvalue weighted by molar-refractivity contribution is 7.87. The van der Waals surface area contributed by atoms with Crippen LogP contribution < -0.4 is 97.0 Å². The lowest BCUT2D eigenvalue weighted by Gasteiger charge is -2.26. The number of nitrogens with two attached hydrogens (primary N) is 3. The van der Waals surface area contributed by atoms with Gasteiger partial charge in [-0.1, -0.05) is 45.4 Å². The maximum Gasteiger partial charge on any atom is 0.335 e. The number of primary amides is 1. The normalized spacial score (nSPS) is 14.3. The molecule has 1 aromatic heterocycles. The van der Waals surface area contributed by atoms with Crippen molar-refractivity contribution < 1.29 is 143 Å². The molecule has 1 saturated heterocycles. The number of hydrogen-bond acceptors (Lipinski definition) is 30. The van der Waals surface area contributed by atoms with Crippen molar-refractivity contribution in [2.24, 2.45) is 23.1 Å². The summed E-state index contributed by atoms with van der Waals surface area (Å²) in [5, 5.41) is 70.1. The highest BCUT2D eigenvalue weighted by atomic mass is 32.2. The number of nitrogens with zero attached hydrogens (tertiary/aromatic N) is 1. The first-order valence-corrected chi connectivity index (χ1v) is 42.8. The number of rotatable bonds is 68. The van der Waals surface area contributed by atoms with Crippen molar-refractivity contribution in [1.29, 1.82) is 10.8 Å². The molecule has 722 valence electrons. The third kappa shape index (κ3) is 47.3. The van der Waals surface area contributed by atoms with Crippen molar-refractivity contribution in [2.75, 3.05) is 132 Å². The number of benzene rings is 1. The standard InChI is InChI=1S/C76H122N22O30S/c1-5-10-49(72(116)96-54(35-64(108)109)71(115)90-42-61(105)94-53(69(113)86-38-56(77)100)18-16-46-37-84-48-12-7-6-11-47(46)48)95-73(117)66(45(4)99)97-62(106)43-89-68(112)51(14-9-22-83-76(80)81)92-59(103)40-88-70(114)52(17-15-44(2)3)93-60(104)41-87-67(111)50(13-8-21-82-75(78)79)91-58(102)39-85-57(101)19-23-122-25-27-124-29-31-126-33-34-127-32-30-125-28-26-123-24-20-65(110)128-98-63(107)36-55(74(98)118)129(119,120)121/h6-7,11-12,37,44-45,49-55,66,84,99H,5,8-10,13-36,38-43H2,1-4H3,(H2,77,100)(H,85,101)(H,86,113)(H,87,111)(H,88,114)(H,89,112)(H,90,115)(H,91,102)(H,92,103)(H,93,104)(H,94,105)(H,95,117)(H,96,116)(H,97,106)(H,108,109)(H4,78,79,82)(H4,80,81,83)(H,119,120,121)/t45-,49+,50+,51+,52+,53+,54+,55?,66+/m1/s1. The van der Waals surface area contributed by atoms with E-state index in [1.807, 2.05) is 38.1 Å². The Morgan fingerprint density at radius 3 is 1.32 bits per heavy atom. The van der Waals surface area contributed by atoms with Crippen molar-refractivity contribution >= 4 is 139 Å². The Morgan fingerprint density at radius 1 is 0.488 bits per heavy atom. The first-order chi connectivity index (χ1) is 61.2. The molecule has 53 heteroatoms. The zero-order chi connectivity index (χ0) is 96.0. The van der Waals surface area contributed by atoms with Crippen LogP contribution in [0.2, 0.25) is 0 Å². The lowest BCUT2D eigenvalue weighted by molar-refractivity contribution is -0.198. The van der Waals surface area contributed by atoms with Gasteiger partial charge in [-0.25, -0.2) is 4.79 Å². The van der Waals surface area contributed by atoms with E-state index in [4.69, 9.17) is 61.0 Å². The van der Waals surface area contributed by atoms with Crippen LogP contribution in [0.5, 0.6) is 0 Å². The van der Waals surface area contributed by atoms with E-state index in [1.54, 1.807) is 13.1 Å². The van der Waals surface area contributed by atoms with E-state index >= 15 is 0 Å². The minimum Gasteiger partial charge on any atom is -0.481 e. The number of carbonyl (C=O) groups is 18. The van der Waals surface area contributed by atoms with E-state index in [-0.39, 0.29) is 180 Å². The van der Waals surface area contributed by atoms with Crippen LogP contribution in [0.4, 0.5) is 0 Å². The average molecular weight is 1860 g/mol. The van der Waals surface area contributed by atoms with Crippen molar-refractivity contribution in [3.05, 3.63) is 36.0 Å². The molecule has 0 spiro atoms. The number of nitrogens with one attached hydrogen (secondary N) is 18. The summed E-state index contributed by atoms with van der Waals surface area (Å²) >= 11 is 0. The Hall–Kier alpha value is -12.4. The monoisotopic (exact) mass is 1850 g/mol. The van der Waals surface area contributed by atoms with Gasteiger partial charge in [0.2, 0.25) is 82.7 Å². The van der Waals surface area contributed by atoms with Crippen LogP contribution in [0.3, 0.4) is 0 Å². The van der Waals surface area contributed by atoms with Gasteiger partial charge in [0.15, 0.2) is 17.2 Å². The molecule has 0 saturated carbocycles. The molecule has 1 unspecified atom stereocenters. The number of aromatic nitrogens is 1. The van der Waals surface area contributed by atoms with E-state index < -0.39 is 228 Å². The molecule has 3 rings (SSSR count). The van der Waals surface area contributed by atoms with Gasteiger partial charge >= 0.3 is 11.9 Å². The second-order valence-corrected chi connectivity index (χ2v) is 30.9. The van der Waals surface area contributed by atoms with Crippen LogP contribution in [0.1, 0.15) is 117 Å². The fourth-order valence-corrected chi connectivity index (χ4v) is 12.4. The van der Waals surface area contributed by atoms with E-state index in [0.29, 0.717) is 6.42 Å². The SMILES string of the molecule is CCC[C@H](NC(=O)[C@@H](NC(=O)CNC(=O)[C@H](CCCNC(=N)N)NC(=O)CNC(=O)[C@H](CCC(C)C)NC(=O)CNC(=O)[C@H](CCCNC(=N)N)NC(=O)CNC(=O)CCOCCOCCOCCOCCOCCOCCC(=O)ON1C(=O)CC(S(=O)(=O)O)C1=O)[C@@H](C)O)C(=O)N[C@@H](CC(=O)O)C(=O)NCC(=O)N[C@@H](CCc1c[nH]c2ccccc12)C(=O)NCC(N)=O. The molecule has 129 heavy (non-hydrogen) atoms. The number of H-pyrrole nitrogens is 1. The van der Waals surface area contributed by atoms with Gasteiger partial charge in [0.1, 0.15) is 42.3 Å². The van der Waals surface area contributed by atoms with Crippen molar-refractivity contribution in [3.8, 4) is 0 Å². The van der Waals surface area contributed by atoms with E-state index in [9.17, 15) is 105 Å². The van der Waals surface area contributed by atoms with E-state index in [2.05, 4.69) is 89.6 Å². The van der Waals surface area contributed by atoms with Gasteiger partial charge in [-0.15, -0.1) is 5.06 Å². The number of hydroxylamine groups is 2. The Balaban J connectivity index is 1.46. The average Bonchev–Trinajstić information content (AvgIpc) is 1.65. The number of amides is 16. The summed E-state index contributed by atoms with van der Waals surface area (Å²) in [7, 11) is -4.86. The number of aryl methyl sites for hydroxylation is 1. The van der Waals surface area contributed by atoms with Crippen molar-refractivity contribution in [2.45, 2.75) is 171 Å². The van der Waals surface area contributed by atoms with E-state index in [1.165, 1.54) is 0 Å². The van der Waals surface area contributed by atoms with Gasteiger partial charge in [-0.3, -0.25) is 96.9 Å². The molecule has 0 bridgehead atoms. The molecule has 1 aromatic carbocycles. The number of aromatic amines is 1. The molecule has 27 N–H and O–H groups in total. The number of imide groups is 1. The molecule has 2 heterocycles. The lowest BCUT2D eigenvalue weighted by Crippen LogP contribution is -2.60. The summed E-state index contributed by atoms with van der Waals surface area (Å²) in [5.41, 5.74) is 17.6. The minimum atomic E-state index is -4.86. The first-order valence-electron chi connectivity index (χ1n) is 41.3. The number of para-hydroxylation sites is 1. The zero-order valence-electron chi connectivity index (χ0n) is 72.2. The van der Waals surface area contributed by atoms with Gasteiger partial charge in [-0.2, -0.15) is 8.42 Å². The van der Waals surface area contributed by atoms with Crippen LogP contribution in [-0.4, -0.2) is 337 Å². The number of carboxylic acid groups (broad SMARTS) is 1. The zero-order valence-corrected chi connectivity index (χ0v) is 73.0. The largest absolute Gasteiger partial charge is 0.481 e. The lowest BCUT2D eigenvalue weighted by atomic mass is 10.0. The summed E-state index contributed by atoms with van der Waals surface area (Å²) in [6.07, 6.45) is -1.67. The highest BCUT2D eigenvalue weighted by Crippen LogP contribution is 2.22. The van der Waals surface area contributed by atoms with Crippen LogP contribution >= 0.6 is 0 Å². The number of hydrogen-bond donors (Lipinski definition) is 24. The Kier molecular flexibility index (Phi) is 52.5. The summed E-state index contributed by atoms with van der Waals surface area (Å²) in [5.74, 6) is -18.9. The van der Waals surface area contributed by atoms with Gasteiger partial charge in [-0.05, 0) is 82.3 Å². The molecular weight excluding hydrogens is 1730 g/mol. The third-order valence-electron chi connectivity index (χ3n) is 18.3. The molecular formula is C76H122N22O30S. The summed E-state index contributed by atoms with van der Waals surface area (Å²) in [4.78, 5) is 241. The molecule has 2 aromatic rings. The van der Waals surface area contributed by atoms with E-state index in [0.717, 1.165) is 23.4 Å². The molecule has 16 amide bonds. The number of carboxylic acids is 1. The molecule has 9 atom stereocenters. The van der Waals surface area contributed by atoms with Crippen LogP contribution in [0.25, 0.3) is 10.9 Å². The molecule has 0 aliphatic carbocycles. The van der Waals surface area contributed by atoms with Crippen LogP contribution in [0, 0.1) is 16.7 Å². The molecule has 52 nitrogen and oxygen atoms in total. The predicted octanol–water partition coefficient (Wildman–Crippen LogP) is -9.35. The smallest absolute Gasteiger partial charge is 0.335 e. The number of carbonyl (C=O) groups excluding carboxylic acids is 17. The third-order valence-corrected chi connectivity index (χ3v) is 19.4. The maximum atomic E-state index is 13.8. The van der Waals surface area contributed by atoms with Crippen LogP contribution in [0.15, 0.2) is 30.5 Å². The van der Waals surface area contributed by atoms with Crippen molar-refractivity contribution in [1.82, 2.24) is 89.8 Å². The van der Waals surface area contributed by atoms with Gasteiger partial charge in [0.25, 0.3) is 21.9 Å². The van der Waals surface area contributed by atoms with Gasteiger partial charge < -0.3 is 145 Å². The van der Waals surface area contributed by atoms with Gasteiger partial charge in [0.05, 0.1) is 144 Å². The summed E-state index contributed by atoms with van der Waals surface area (Å²) in [6, 6.07) is -3.25. The number of guanidine groups is 2. The number of aliphatic hydroxyl groups is 1. The summed E-state index contributed by atoms with van der Waals surface area (Å²) in [6.45, 7) is 3.81. The Bertz CT molecular complexity index is 4220. The topological polar surface area (TPSA) is 792 Å². The molecule has 1 fully saturated rings. The maximum absolute atomic E-state index is 13.8. The summed E-state index contributed by atoms with van der Waals surface area (Å²) < 4.78 is 63.8. The molecule has 0 radical (unpaired) electrons. The second kappa shape index (κ2) is 61.1. The quantitative estimate of drug-likeness (QED) is 0.00961. The highest BCUT2D eigenvalue weighted by Gasteiger charge is 2.48. The number of aliphatic hydroxyl groups excluding tert-OH is 1.